The quantitative estimate of drug-likeness (QED) is 0.738. The highest BCUT2D eigenvalue weighted by molar-refractivity contribution is 5.93. The van der Waals surface area contributed by atoms with Crippen molar-refractivity contribution in [3.8, 4) is 0 Å². The molecule has 6 nitrogen and oxygen atoms in total. The summed E-state index contributed by atoms with van der Waals surface area (Å²) in [6.07, 6.45) is 7.85. The number of ether oxygens (including phenoxy) is 1. The van der Waals surface area contributed by atoms with Gasteiger partial charge >= 0.3 is 5.97 Å². The maximum absolute atomic E-state index is 12.2. The fraction of sp³-hybridized carbons (Fsp3) is 0.591. The first-order chi connectivity index (χ1) is 13.4. The van der Waals surface area contributed by atoms with E-state index in [1.165, 1.54) is 45.4 Å². The van der Waals surface area contributed by atoms with E-state index < -0.39 is 5.97 Å². The minimum Gasteiger partial charge on any atom is -0.452 e. The molecule has 150 valence electrons. The number of hydrogen-bond donors (Lipinski definition) is 2. The minimum absolute atomic E-state index is 0.175. The summed E-state index contributed by atoms with van der Waals surface area (Å²) >= 11 is 0. The Morgan fingerprint density at radius 1 is 1.00 bits per heavy atom. The molecule has 0 atom stereocenters. The SMILES string of the molecule is CC(=O)Nc1ccc(C(=O)OCC(=O)NCC23CC4CC(CC(C4)C2)C3)cc1. The first-order valence-corrected chi connectivity index (χ1v) is 10.2. The predicted octanol–water partition coefficient (Wildman–Crippen LogP) is 3.13. The second kappa shape index (κ2) is 7.57. The van der Waals surface area contributed by atoms with Crippen molar-refractivity contribution in [1.29, 1.82) is 0 Å². The van der Waals surface area contributed by atoms with Crippen LogP contribution in [-0.2, 0) is 14.3 Å². The van der Waals surface area contributed by atoms with Crippen molar-refractivity contribution in [2.45, 2.75) is 45.4 Å². The summed E-state index contributed by atoms with van der Waals surface area (Å²) in [4.78, 5) is 35.4. The van der Waals surface area contributed by atoms with Gasteiger partial charge < -0.3 is 15.4 Å². The Hall–Kier alpha value is -2.37. The van der Waals surface area contributed by atoms with E-state index in [0.29, 0.717) is 17.8 Å². The predicted molar refractivity (Wildman–Crippen MR) is 105 cm³/mol. The third-order valence-electron chi connectivity index (χ3n) is 6.60. The molecule has 2 amide bonds. The standard InChI is InChI=1S/C22H28N2O4/c1-14(25)24-19-4-2-18(3-5-19)21(27)28-12-20(26)23-13-22-9-15-6-16(10-22)8-17(7-15)11-22/h2-5,15-17H,6-13H2,1H3,(H,23,26)(H,24,25). The van der Waals surface area contributed by atoms with Crippen molar-refractivity contribution in [3.63, 3.8) is 0 Å². The first-order valence-electron chi connectivity index (χ1n) is 10.2. The van der Waals surface area contributed by atoms with Crippen LogP contribution in [0.2, 0.25) is 0 Å². The number of hydrogen-bond acceptors (Lipinski definition) is 4. The van der Waals surface area contributed by atoms with Gasteiger partial charge in [0.05, 0.1) is 5.56 Å². The molecule has 1 aromatic carbocycles. The monoisotopic (exact) mass is 384 g/mol. The Kier molecular flexibility index (Phi) is 5.13. The number of benzene rings is 1. The molecule has 0 unspecified atom stereocenters. The van der Waals surface area contributed by atoms with E-state index in [1.807, 2.05) is 0 Å². The van der Waals surface area contributed by atoms with Gasteiger partial charge in [0, 0.05) is 19.2 Å². The van der Waals surface area contributed by atoms with Gasteiger partial charge in [-0.3, -0.25) is 9.59 Å². The molecule has 4 bridgehead atoms. The fourth-order valence-electron chi connectivity index (χ4n) is 5.95. The van der Waals surface area contributed by atoms with Crippen molar-refractivity contribution < 1.29 is 19.1 Å². The molecule has 2 N–H and O–H groups in total. The molecule has 0 radical (unpaired) electrons. The van der Waals surface area contributed by atoms with Crippen LogP contribution in [0.5, 0.6) is 0 Å². The Morgan fingerprint density at radius 3 is 2.11 bits per heavy atom. The summed E-state index contributed by atoms with van der Waals surface area (Å²) in [7, 11) is 0. The molecular formula is C22H28N2O4. The molecule has 5 rings (SSSR count). The Balaban J connectivity index is 1.23. The second-order valence-corrected chi connectivity index (χ2v) is 9.03. The molecule has 0 aromatic heterocycles. The molecule has 4 fully saturated rings. The van der Waals surface area contributed by atoms with Gasteiger partial charge in [0.1, 0.15) is 0 Å². The molecule has 1 aromatic rings. The van der Waals surface area contributed by atoms with Crippen LogP contribution in [0.4, 0.5) is 5.69 Å². The lowest BCUT2D eigenvalue weighted by Gasteiger charge is -2.56. The molecule has 0 aliphatic heterocycles. The van der Waals surface area contributed by atoms with E-state index in [2.05, 4.69) is 10.6 Å². The number of anilines is 1. The summed E-state index contributed by atoms with van der Waals surface area (Å²) in [6, 6.07) is 6.40. The van der Waals surface area contributed by atoms with Crippen LogP contribution in [0.25, 0.3) is 0 Å². The highest BCUT2D eigenvalue weighted by Crippen LogP contribution is 2.59. The second-order valence-electron chi connectivity index (χ2n) is 9.03. The van der Waals surface area contributed by atoms with Crippen LogP contribution < -0.4 is 10.6 Å². The van der Waals surface area contributed by atoms with Gasteiger partial charge in [-0.1, -0.05) is 0 Å². The van der Waals surface area contributed by atoms with Gasteiger partial charge in [-0.05, 0) is 86.0 Å². The van der Waals surface area contributed by atoms with Crippen molar-refractivity contribution in [2.24, 2.45) is 23.2 Å². The largest absolute Gasteiger partial charge is 0.452 e. The van der Waals surface area contributed by atoms with Crippen molar-refractivity contribution in [2.75, 3.05) is 18.5 Å². The Labute approximate surface area is 165 Å². The Bertz CT molecular complexity index is 736. The number of esters is 1. The zero-order chi connectivity index (χ0) is 19.7. The van der Waals surface area contributed by atoms with Gasteiger partial charge in [0.2, 0.25) is 5.91 Å². The van der Waals surface area contributed by atoms with Gasteiger partial charge in [-0.25, -0.2) is 4.79 Å². The van der Waals surface area contributed by atoms with Crippen LogP contribution in [0.15, 0.2) is 24.3 Å². The zero-order valence-corrected chi connectivity index (χ0v) is 16.3. The van der Waals surface area contributed by atoms with E-state index in [-0.39, 0.29) is 23.8 Å². The summed E-state index contributed by atoms with van der Waals surface area (Å²) in [5.41, 5.74) is 1.23. The molecule has 4 aliphatic carbocycles. The lowest BCUT2D eigenvalue weighted by Crippen LogP contribution is -2.51. The topological polar surface area (TPSA) is 84.5 Å². The van der Waals surface area contributed by atoms with Crippen LogP contribution in [0.3, 0.4) is 0 Å². The molecule has 4 saturated carbocycles. The van der Waals surface area contributed by atoms with Crippen LogP contribution in [0, 0.1) is 23.2 Å². The van der Waals surface area contributed by atoms with Crippen molar-refractivity contribution >= 4 is 23.5 Å². The minimum atomic E-state index is -0.542. The molecule has 0 saturated heterocycles. The molecule has 0 heterocycles. The van der Waals surface area contributed by atoms with Crippen molar-refractivity contribution in [3.05, 3.63) is 29.8 Å². The highest BCUT2D eigenvalue weighted by Gasteiger charge is 2.50. The molecular weight excluding hydrogens is 356 g/mol. The summed E-state index contributed by atoms with van der Waals surface area (Å²) in [5, 5.41) is 5.65. The van der Waals surface area contributed by atoms with Crippen molar-refractivity contribution in [1.82, 2.24) is 5.32 Å². The number of carbonyl (C=O) groups excluding carboxylic acids is 3. The normalized spacial score (nSPS) is 30.0. The summed E-state index contributed by atoms with van der Waals surface area (Å²) in [6.45, 7) is 1.86. The van der Waals surface area contributed by atoms with Crippen LogP contribution >= 0.6 is 0 Å². The summed E-state index contributed by atoms with van der Waals surface area (Å²) < 4.78 is 5.14. The fourth-order valence-corrected chi connectivity index (χ4v) is 5.95. The van der Waals surface area contributed by atoms with Crippen LogP contribution in [0.1, 0.15) is 55.8 Å². The van der Waals surface area contributed by atoms with E-state index >= 15 is 0 Å². The molecule has 4 aliphatic rings. The van der Waals surface area contributed by atoms with Gasteiger partial charge in [0.25, 0.3) is 5.91 Å². The molecule has 6 heteroatoms. The Morgan fingerprint density at radius 2 is 1.57 bits per heavy atom. The third-order valence-corrected chi connectivity index (χ3v) is 6.60. The van der Waals surface area contributed by atoms with E-state index in [9.17, 15) is 14.4 Å². The summed E-state index contributed by atoms with van der Waals surface area (Å²) in [5.74, 6) is 1.59. The average molecular weight is 384 g/mol. The smallest absolute Gasteiger partial charge is 0.338 e. The number of amides is 2. The van der Waals surface area contributed by atoms with Gasteiger partial charge in [-0.15, -0.1) is 0 Å². The number of nitrogens with one attached hydrogen (secondary N) is 2. The van der Waals surface area contributed by atoms with Gasteiger partial charge in [-0.2, -0.15) is 0 Å². The van der Waals surface area contributed by atoms with E-state index in [0.717, 1.165) is 17.8 Å². The number of carbonyl (C=O) groups is 3. The third kappa shape index (κ3) is 4.21. The molecule has 0 spiro atoms. The van der Waals surface area contributed by atoms with E-state index in [1.54, 1.807) is 24.3 Å². The maximum atomic E-state index is 12.2. The molecule has 28 heavy (non-hydrogen) atoms. The first kappa shape index (κ1) is 19.0. The average Bonchev–Trinajstić information content (AvgIpc) is 2.63. The lowest BCUT2D eigenvalue weighted by molar-refractivity contribution is -0.126. The lowest BCUT2D eigenvalue weighted by atomic mass is 9.49. The van der Waals surface area contributed by atoms with E-state index in [4.69, 9.17) is 4.74 Å². The zero-order valence-electron chi connectivity index (χ0n) is 16.3. The highest BCUT2D eigenvalue weighted by atomic mass is 16.5. The van der Waals surface area contributed by atoms with Gasteiger partial charge in [0.15, 0.2) is 6.61 Å². The van der Waals surface area contributed by atoms with Crippen LogP contribution in [-0.4, -0.2) is 30.9 Å². The number of rotatable bonds is 6. The maximum Gasteiger partial charge on any atom is 0.338 e.